The summed E-state index contributed by atoms with van der Waals surface area (Å²) in [7, 11) is 0. The van der Waals surface area contributed by atoms with E-state index in [-0.39, 0.29) is 6.03 Å². The van der Waals surface area contributed by atoms with Gasteiger partial charge in [-0.05, 0) is 25.0 Å². The summed E-state index contributed by atoms with van der Waals surface area (Å²) in [6, 6.07) is 6.90. The molecule has 0 spiro atoms. The van der Waals surface area contributed by atoms with Crippen molar-refractivity contribution in [2.75, 3.05) is 18.4 Å². The maximum absolute atomic E-state index is 11.8. The highest BCUT2D eigenvalue weighted by Gasteiger charge is 2.17. The second-order valence-corrected chi connectivity index (χ2v) is 3.79. The second kappa shape index (κ2) is 4.67. The Bertz CT molecular complexity index is 430. The number of rotatable bonds is 1. The smallest absolute Gasteiger partial charge is 0.321 e. The summed E-state index contributed by atoms with van der Waals surface area (Å²) in [5.41, 5.74) is 1.23. The number of benzene rings is 1. The number of likely N-dealkylation sites (tertiary alicyclic amines) is 1. The highest BCUT2D eigenvalue weighted by molar-refractivity contribution is 5.90. The Labute approximate surface area is 94.7 Å². The van der Waals surface area contributed by atoms with Crippen LogP contribution in [0.2, 0.25) is 0 Å². The van der Waals surface area contributed by atoms with Gasteiger partial charge in [0.2, 0.25) is 0 Å². The van der Waals surface area contributed by atoms with Crippen molar-refractivity contribution in [2.24, 2.45) is 0 Å². The zero-order valence-corrected chi connectivity index (χ0v) is 8.94. The molecule has 2 amide bonds. The summed E-state index contributed by atoms with van der Waals surface area (Å²) in [6.07, 6.45) is 2.16. The molecule has 0 bridgehead atoms. The maximum Gasteiger partial charge on any atom is 0.321 e. The maximum atomic E-state index is 11.8. The number of carbonyl (C=O) groups excluding carboxylic acids is 1. The molecule has 1 heterocycles. The minimum absolute atomic E-state index is 0.0698. The first kappa shape index (κ1) is 10.5. The van der Waals surface area contributed by atoms with Crippen molar-refractivity contribution in [3.63, 3.8) is 0 Å². The topological polar surface area (TPSA) is 36.7 Å². The zero-order valence-electron chi connectivity index (χ0n) is 8.94. The Morgan fingerprint density at radius 2 is 2.12 bits per heavy atom. The lowest BCUT2D eigenvalue weighted by molar-refractivity contribution is 0.222. The van der Waals surface area contributed by atoms with Gasteiger partial charge in [0.25, 0.3) is 0 Å². The highest BCUT2D eigenvalue weighted by atomic mass is 16.2. The molecule has 1 N–H and O–H groups in total. The monoisotopic (exact) mass is 215 g/mol. The van der Waals surface area contributed by atoms with Gasteiger partial charge in [-0.25, -0.2) is 9.64 Å². The summed E-state index contributed by atoms with van der Waals surface area (Å²) in [6.45, 7) is 8.55. The van der Waals surface area contributed by atoms with E-state index >= 15 is 0 Å². The molecule has 4 heteroatoms. The Hall–Kier alpha value is -2.02. The molecule has 0 aromatic heterocycles. The molecular weight excluding hydrogens is 202 g/mol. The van der Waals surface area contributed by atoms with Crippen LogP contribution in [0.3, 0.4) is 0 Å². The van der Waals surface area contributed by atoms with Crippen LogP contribution in [0, 0.1) is 6.57 Å². The van der Waals surface area contributed by atoms with Crippen LogP contribution >= 0.6 is 0 Å². The standard InChI is InChI=1S/C12H13N3O/c1-13-10-5-4-6-11(9-10)14-12(16)15-7-2-3-8-15/h4-6,9H,2-3,7-8H2,(H,14,16). The molecule has 2 rings (SSSR count). The molecule has 0 unspecified atom stereocenters. The number of nitrogens with zero attached hydrogens (tertiary/aromatic N) is 2. The molecule has 1 fully saturated rings. The number of amides is 2. The van der Waals surface area contributed by atoms with E-state index < -0.39 is 0 Å². The summed E-state index contributed by atoms with van der Waals surface area (Å²) >= 11 is 0. The predicted octanol–water partition coefficient (Wildman–Crippen LogP) is 2.87. The van der Waals surface area contributed by atoms with Crippen molar-refractivity contribution >= 4 is 17.4 Å². The van der Waals surface area contributed by atoms with Crippen molar-refractivity contribution in [2.45, 2.75) is 12.8 Å². The molecule has 0 aliphatic carbocycles. The Morgan fingerprint density at radius 3 is 2.81 bits per heavy atom. The van der Waals surface area contributed by atoms with Gasteiger partial charge in [0.1, 0.15) is 0 Å². The molecule has 1 aromatic rings. The van der Waals surface area contributed by atoms with E-state index in [0.29, 0.717) is 11.4 Å². The van der Waals surface area contributed by atoms with Gasteiger partial charge in [-0.15, -0.1) is 0 Å². The molecule has 82 valence electrons. The zero-order chi connectivity index (χ0) is 11.4. The first-order chi connectivity index (χ1) is 7.79. The van der Waals surface area contributed by atoms with E-state index in [0.717, 1.165) is 25.9 Å². The fourth-order valence-electron chi connectivity index (χ4n) is 1.78. The first-order valence-corrected chi connectivity index (χ1v) is 5.33. The van der Waals surface area contributed by atoms with Crippen LogP contribution in [-0.4, -0.2) is 24.0 Å². The van der Waals surface area contributed by atoms with E-state index in [1.54, 1.807) is 29.2 Å². The van der Waals surface area contributed by atoms with Crippen LogP contribution in [0.4, 0.5) is 16.2 Å². The Balaban J connectivity index is 2.03. The first-order valence-electron chi connectivity index (χ1n) is 5.33. The van der Waals surface area contributed by atoms with E-state index in [9.17, 15) is 4.79 Å². The average molecular weight is 215 g/mol. The lowest BCUT2D eigenvalue weighted by atomic mass is 10.3. The number of urea groups is 1. The summed E-state index contributed by atoms with van der Waals surface area (Å²) in [5.74, 6) is 0. The minimum atomic E-state index is -0.0698. The van der Waals surface area contributed by atoms with Crippen LogP contribution in [0.25, 0.3) is 4.85 Å². The van der Waals surface area contributed by atoms with Gasteiger partial charge in [-0.2, -0.15) is 0 Å². The summed E-state index contributed by atoms with van der Waals surface area (Å²) in [5, 5.41) is 2.80. The SMILES string of the molecule is [C-]#[N+]c1cccc(NC(=O)N2CCCC2)c1. The second-order valence-electron chi connectivity index (χ2n) is 3.79. The van der Waals surface area contributed by atoms with Gasteiger partial charge in [-0.1, -0.05) is 12.1 Å². The third-order valence-corrected chi connectivity index (χ3v) is 2.62. The molecule has 4 nitrogen and oxygen atoms in total. The minimum Gasteiger partial charge on any atom is -0.325 e. The van der Waals surface area contributed by atoms with Crippen molar-refractivity contribution < 1.29 is 4.79 Å². The van der Waals surface area contributed by atoms with Crippen molar-refractivity contribution in [3.8, 4) is 0 Å². The van der Waals surface area contributed by atoms with Gasteiger partial charge in [0.15, 0.2) is 5.69 Å². The molecule has 1 aliphatic heterocycles. The fourth-order valence-corrected chi connectivity index (χ4v) is 1.78. The molecule has 0 atom stereocenters. The Morgan fingerprint density at radius 1 is 1.38 bits per heavy atom. The molecule has 0 saturated carbocycles. The van der Waals surface area contributed by atoms with E-state index in [2.05, 4.69) is 10.2 Å². The average Bonchev–Trinajstić information content (AvgIpc) is 2.83. The molecule has 1 aromatic carbocycles. The summed E-state index contributed by atoms with van der Waals surface area (Å²) < 4.78 is 0. The van der Waals surface area contributed by atoms with Crippen LogP contribution in [0.1, 0.15) is 12.8 Å². The highest BCUT2D eigenvalue weighted by Crippen LogP contribution is 2.18. The van der Waals surface area contributed by atoms with Crippen LogP contribution < -0.4 is 5.32 Å². The normalized spacial score (nSPS) is 14.6. The molecule has 16 heavy (non-hydrogen) atoms. The van der Waals surface area contributed by atoms with E-state index in [1.807, 2.05) is 0 Å². The Kier molecular flexibility index (Phi) is 3.06. The fraction of sp³-hybridized carbons (Fsp3) is 0.333. The van der Waals surface area contributed by atoms with Crippen LogP contribution in [0.15, 0.2) is 24.3 Å². The number of nitrogens with one attached hydrogen (secondary N) is 1. The third kappa shape index (κ3) is 2.31. The van der Waals surface area contributed by atoms with Crippen molar-refractivity contribution in [1.29, 1.82) is 0 Å². The van der Waals surface area contributed by atoms with Gasteiger partial charge >= 0.3 is 6.03 Å². The molecular formula is C12H13N3O. The third-order valence-electron chi connectivity index (χ3n) is 2.62. The quantitative estimate of drug-likeness (QED) is 0.718. The van der Waals surface area contributed by atoms with Gasteiger partial charge in [0.05, 0.1) is 6.57 Å². The van der Waals surface area contributed by atoms with Gasteiger partial charge in [0, 0.05) is 18.8 Å². The largest absolute Gasteiger partial charge is 0.325 e. The number of hydrogen-bond acceptors (Lipinski definition) is 1. The lowest BCUT2D eigenvalue weighted by Crippen LogP contribution is -2.32. The predicted molar refractivity (Wildman–Crippen MR) is 62.5 cm³/mol. The number of carbonyl (C=O) groups is 1. The van der Waals surface area contributed by atoms with E-state index in [4.69, 9.17) is 6.57 Å². The lowest BCUT2D eigenvalue weighted by Gasteiger charge is -2.16. The summed E-state index contributed by atoms with van der Waals surface area (Å²) in [4.78, 5) is 16.9. The molecule has 0 radical (unpaired) electrons. The molecule has 1 saturated heterocycles. The van der Waals surface area contributed by atoms with Crippen molar-refractivity contribution in [1.82, 2.24) is 4.90 Å². The van der Waals surface area contributed by atoms with Crippen molar-refractivity contribution in [3.05, 3.63) is 35.7 Å². The van der Waals surface area contributed by atoms with Gasteiger partial charge in [-0.3, -0.25) is 0 Å². The molecule has 1 aliphatic rings. The van der Waals surface area contributed by atoms with Crippen LogP contribution in [-0.2, 0) is 0 Å². The number of anilines is 1. The number of hydrogen-bond donors (Lipinski definition) is 1. The van der Waals surface area contributed by atoms with E-state index in [1.165, 1.54) is 0 Å². The van der Waals surface area contributed by atoms with Crippen LogP contribution in [0.5, 0.6) is 0 Å². The van der Waals surface area contributed by atoms with Gasteiger partial charge < -0.3 is 10.2 Å².